The van der Waals surface area contributed by atoms with Crippen LogP contribution in [0, 0.1) is 0 Å². The lowest BCUT2D eigenvalue weighted by Crippen LogP contribution is -2.48. The maximum Gasteiger partial charge on any atom is 0.324 e. The highest BCUT2D eigenvalue weighted by atomic mass is 32.2. The molecule has 1 fully saturated rings. The van der Waals surface area contributed by atoms with Crippen molar-refractivity contribution in [3.05, 3.63) is 18.3 Å². The molecule has 1 saturated heterocycles. The first kappa shape index (κ1) is 14.7. The van der Waals surface area contributed by atoms with Gasteiger partial charge < -0.3 is 9.64 Å². The third-order valence-corrected chi connectivity index (χ3v) is 4.90. The Kier molecular flexibility index (Phi) is 4.65. The normalized spacial score (nSPS) is 21.2. The molecular formula is C15H21N3O2S. The highest BCUT2D eigenvalue weighted by molar-refractivity contribution is 7.99. The number of aromatic nitrogens is 1. The number of fused-ring (bicyclic) bond motifs is 1. The van der Waals surface area contributed by atoms with Gasteiger partial charge in [-0.05, 0) is 31.9 Å². The molecule has 0 aromatic carbocycles. The van der Waals surface area contributed by atoms with E-state index >= 15 is 0 Å². The molecule has 21 heavy (non-hydrogen) atoms. The summed E-state index contributed by atoms with van der Waals surface area (Å²) in [7, 11) is 0. The van der Waals surface area contributed by atoms with Gasteiger partial charge in [-0.1, -0.05) is 0 Å². The number of carbonyl (C=O) groups is 1. The summed E-state index contributed by atoms with van der Waals surface area (Å²) in [6, 6.07) is 3.94. The molecular weight excluding hydrogens is 286 g/mol. The van der Waals surface area contributed by atoms with Crippen LogP contribution in [-0.2, 0) is 4.74 Å². The number of likely N-dealkylation sites (N-methyl/N-ethyl adjacent to an activating group) is 1. The quantitative estimate of drug-likeness (QED) is 0.861. The summed E-state index contributed by atoms with van der Waals surface area (Å²) in [5.41, 5.74) is 0.935. The molecule has 1 aromatic heterocycles. The van der Waals surface area contributed by atoms with Gasteiger partial charge in [0.25, 0.3) is 0 Å². The number of pyridine rings is 1. The first-order chi connectivity index (χ1) is 10.3. The monoisotopic (exact) mass is 307 g/mol. The molecule has 2 aliphatic heterocycles. The zero-order valence-corrected chi connectivity index (χ0v) is 13.1. The molecule has 3 heterocycles. The van der Waals surface area contributed by atoms with Gasteiger partial charge in [-0.25, -0.2) is 9.78 Å². The number of hydrogen-bond donors (Lipinski definition) is 0. The van der Waals surface area contributed by atoms with Crippen LogP contribution in [0.1, 0.15) is 19.8 Å². The van der Waals surface area contributed by atoms with Crippen molar-refractivity contribution in [2.75, 3.05) is 36.9 Å². The third kappa shape index (κ3) is 3.16. The number of carbonyl (C=O) groups excluding carboxylic acids is 1. The second-order valence-corrected chi connectivity index (χ2v) is 6.37. The summed E-state index contributed by atoms with van der Waals surface area (Å²) in [4.78, 5) is 21.0. The van der Waals surface area contributed by atoms with Crippen LogP contribution in [0.4, 0.5) is 10.5 Å². The number of nitrogens with zero attached hydrogens (tertiary/aromatic N) is 3. The Hall–Kier alpha value is -1.27. The van der Waals surface area contributed by atoms with Gasteiger partial charge in [0.1, 0.15) is 5.03 Å². The minimum Gasteiger partial charge on any atom is -0.376 e. The van der Waals surface area contributed by atoms with Crippen molar-refractivity contribution in [3.8, 4) is 0 Å². The number of thioether (sulfide) groups is 1. The van der Waals surface area contributed by atoms with Gasteiger partial charge in [-0.3, -0.25) is 4.90 Å². The second kappa shape index (κ2) is 6.66. The van der Waals surface area contributed by atoms with E-state index in [1.807, 2.05) is 28.9 Å². The standard InChI is InChI=1S/C15H21N3O2S/c1-2-17(11-12-5-4-9-20-12)15(19)18-8-10-21-14-13(18)6-3-7-16-14/h3,6-7,12H,2,4-5,8-11H2,1H3/t12-/m1/s1. The van der Waals surface area contributed by atoms with E-state index in [1.165, 1.54) is 0 Å². The molecule has 0 saturated carbocycles. The summed E-state index contributed by atoms with van der Waals surface area (Å²) in [6.45, 7) is 4.98. The van der Waals surface area contributed by atoms with Crippen molar-refractivity contribution < 1.29 is 9.53 Å². The Bertz CT molecular complexity index is 505. The lowest BCUT2D eigenvalue weighted by atomic mass is 10.2. The minimum atomic E-state index is 0.0718. The van der Waals surface area contributed by atoms with E-state index in [1.54, 1.807) is 18.0 Å². The van der Waals surface area contributed by atoms with Gasteiger partial charge in [0.2, 0.25) is 0 Å². The smallest absolute Gasteiger partial charge is 0.324 e. The Morgan fingerprint density at radius 2 is 2.52 bits per heavy atom. The highest BCUT2D eigenvalue weighted by Crippen LogP contribution is 2.33. The van der Waals surface area contributed by atoms with Crippen LogP contribution in [-0.4, -0.2) is 54.0 Å². The van der Waals surface area contributed by atoms with Crippen LogP contribution >= 0.6 is 11.8 Å². The molecule has 6 heteroatoms. The second-order valence-electron chi connectivity index (χ2n) is 5.28. The predicted octanol–water partition coefficient (Wildman–Crippen LogP) is 2.61. The number of ether oxygens (including phenoxy) is 1. The van der Waals surface area contributed by atoms with Gasteiger partial charge >= 0.3 is 6.03 Å². The number of amides is 2. The Morgan fingerprint density at radius 1 is 1.62 bits per heavy atom. The zero-order valence-electron chi connectivity index (χ0n) is 12.3. The molecule has 2 aliphatic rings. The molecule has 3 rings (SSSR count). The average Bonchev–Trinajstić information content (AvgIpc) is 3.04. The van der Waals surface area contributed by atoms with Crippen molar-refractivity contribution >= 4 is 23.5 Å². The molecule has 1 aromatic rings. The number of urea groups is 1. The summed E-state index contributed by atoms with van der Waals surface area (Å²) in [5.74, 6) is 0.896. The molecule has 0 aliphatic carbocycles. The Balaban J connectivity index is 1.74. The fourth-order valence-corrected chi connectivity index (χ4v) is 3.73. The van der Waals surface area contributed by atoms with E-state index in [-0.39, 0.29) is 12.1 Å². The first-order valence-electron chi connectivity index (χ1n) is 7.55. The summed E-state index contributed by atoms with van der Waals surface area (Å²) in [6.07, 6.45) is 4.13. The maximum atomic E-state index is 12.8. The maximum absolute atomic E-state index is 12.8. The molecule has 0 radical (unpaired) electrons. The number of anilines is 1. The van der Waals surface area contributed by atoms with E-state index < -0.39 is 0 Å². The summed E-state index contributed by atoms with van der Waals surface area (Å²) < 4.78 is 5.66. The topological polar surface area (TPSA) is 45.7 Å². The van der Waals surface area contributed by atoms with E-state index in [0.29, 0.717) is 13.1 Å². The van der Waals surface area contributed by atoms with Crippen LogP contribution < -0.4 is 4.90 Å². The highest BCUT2D eigenvalue weighted by Gasteiger charge is 2.29. The van der Waals surface area contributed by atoms with Crippen molar-refractivity contribution in [1.29, 1.82) is 0 Å². The van der Waals surface area contributed by atoms with E-state index in [9.17, 15) is 4.79 Å². The molecule has 0 unspecified atom stereocenters. The van der Waals surface area contributed by atoms with Gasteiger partial charge in [0.15, 0.2) is 0 Å². The van der Waals surface area contributed by atoms with E-state index in [2.05, 4.69) is 4.98 Å². The molecule has 2 amide bonds. The summed E-state index contributed by atoms with van der Waals surface area (Å²) in [5, 5.41) is 0.949. The van der Waals surface area contributed by atoms with Crippen LogP contribution in [0.3, 0.4) is 0 Å². The van der Waals surface area contributed by atoms with Gasteiger partial charge in [0.05, 0.1) is 11.8 Å². The van der Waals surface area contributed by atoms with Gasteiger partial charge in [-0.15, -0.1) is 11.8 Å². The first-order valence-corrected chi connectivity index (χ1v) is 8.54. The van der Waals surface area contributed by atoms with Crippen LogP contribution in [0.25, 0.3) is 0 Å². The molecule has 5 nitrogen and oxygen atoms in total. The van der Waals surface area contributed by atoms with Crippen molar-refractivity contribution in [2.24, 2.45) is 0 Å². The van der Waals surface area contributed by atoms with E-state index in [4.69, 9.17) is 4.74 Å². The molecule has 1 atom stereocenters. The van der Waals surface area contributed by atoms with Crippen molar-refractivity contribution in [1.82, 2.24) is 9.88 Å². The van der Waals surface area contributed by atoms with Crippen molar-refractivity contribution in [3.63, 3.8) is 0 Å². The van der Waals surface area contributed by atoms with Gasteiger partial charge in [-0.2, -0.15) is 0 Å². The lowest BCUT2D eigenvalue weighted by molar-refractivity contribution is 0.0838. The number of hydrogen-bond acceptors (Lipinski definition) is 4. The minimum absolute atomic E-state index is 0.0718. The van der Waals surface area contributed by atoms with Crippen molar-refractivity contribution in [2.45, 2.75) is 30.9 Å². The predicted molar refractivity (Wildman–Crippen MR) is 83.9 cm³/mol. The average molecular weight is 307 g/mol. The summed E-state index contributed by atoms with van der Waals surface area (Å²) >= 11 is 1.71. The van der Waals surface area contributed by atoms with E-state index in [0.717, 1.165) is 42.5 Å². The lowest BCUT2D eigenvalue weighted by Gasteiger charge is -2.34. The fourth-order valence-electron chi connectivity index (χ4n) is 2.80. The molecule has 0 spiro atoms. The zero-order chi connectivity index (χ0) is 14.7. The fraction of sp³-hybridized carbons (Fsp3) is 0.600. The molecule has 0 bridgehead atoms. The Morgan fingerprint density at radius 3 is 3.29 bits per heavy atom. The molecule has 114 valence electrons. The number of rotatable bonds is 3. The van der Waals surface area contributed by atoms with Gasteiger partial charge in [0, 0.05) is 38.2 Å². The SMILES string of the molecule is CCN(C[C@H]1CCCO1)C(=O)N1CCSc2ncccc21. The van der Waals surface area contributed by atoms with Crippen LogP contribution in [0.15, 0.2) is 23.4 Å². The largest absolute Gasteiger partial charge is 0.376 e. The molecule has 0 N–H and O–H groups in total. The van der Waals surface area contributed by atoms with Crippen LogP contribution in [0.2, 0.25) is 0 Å². The Labute approximate surface area is 129 Å². The third-order valence-electron chi connectivity index (χ3n) is 3.93. The van der Waals surface area contributed by atoms with Crippen LogP contribution in [0.5, 0.6) is 0 Å².